The van der Waals surface area contributed by atoms with Crippen LogP contribution in [0.25, 0.3) is 0 Å². The van der Waals surface area contributed by atoms with Gasteiger partial charge in [-0.1, -0.05) is 36.4 Å². The van der Waals surface area contributed by atoms with Crippen LogP contribution in [0.4, 0.5) is 4.39 Å². The quantitative estimate of drug-likeness (QED) is 0.410. The highest BCUT2D eigenvalue weighted by molar-refractivity contribution is 5.79. The maximum absolute atomic E-state index is 13.7. The summed E-state index contributed by atoms with van der Waals surface area (Å²) in [5, 5.41) is 11.0. The van der Waals surface area contributed by atoms with Crippen molar-refractivity contribution in [2.45, 2.75) is 26.1 Å². The molecule has 3 rings (SSSR count). The van der Waals surface area contributed by atoms with E-state index in [1.807, 2.05) is 56.2 Å². The van der Waals surface area contributed by atoms with Gasteiger partial charge >= 0.3 is 0 Å². The number of aromatic nitrogens is 2. The molecule has 0 aliphatic carbocycles. The lowest BCUT2D eigenvalue weighted by molar-refractivity contribution is 0.297. The van der Waals surface area contributed by atoms with Crippen LogP contribution in [-0.4, -0.2) is 47.8 Å². The van der Waals surface area contributed by atoms with Crippen molar-refractivity contribution in [2.24, 2.45) is 4.99 Å². The molecule has 31 heavy (non-hydrogen) atoms. The first-order valence-electron chi connectivity index (χ1n) is 10.5. The monoisotopic (exact) mass is 422 g/mol. The van der Waals surface area contributed by atoms with Crippen LogP contribution in [0.1, 0.15) is 29.7 Å². The molecule has 0 aliphatic heterocycles. The molecule has 0 saturated heterocycles. The fraction of sp³-hybridized carbons (Fsp3) is 0.333. The van der Waals surface area contributed by atoms with Gasteiger partial charge in [0.1, 0.15) is 5.82 Å². The number of hydrogen-bond acceptors (Lipinski definition) is 3. The zero-order valence-electron chi connectivity index (χ0n) is 18.4. The van der Waals surface area contributed by atoms with Crippen LogP contribution >= 0.6 is 0 Å². The number of nitrogens with zero attached hydrogens (tertiary/aromatic N) is 4. The second-order valence-corrected chi connectivity index (χ2v) is 7.58. The van der Waals surface area contributed by atoms with E-state index in [0.717, 1.165) is 23.6 Å². The van der Waals surface area contributed by atoms with E-state index in [1.54, 1.807) is 18.3 Å². The number of guanidine groups is 1. The zero-order chi connectivity index (χ0) is 22.1. The van der Waals surface area contributed by atoms with Crippen molar-refractivity contribution in [2.75, 3.05) is 27.2 Å². The molecule has 0 fully saturated rings. The molecule has 7 heteroatoms. The Labute approximate surface area is 183 Å². The molecule has 0 bridgehead atoms. The van der Waals surface area contributed by atoms with Gasteiger partial charge in [-0.2, -0.15) is 5.10 Å². The van der Waals surface area contributed by atoms with E-state index in [2.05, 4.69) is 32.8 Å². The summed E-state index contributed by atoms with van der Waals surface area (Å²) in [6.07, 6.45) is 3.74. The Kier molecular flexibility index (Phi) is 8.18. The van der Waals surface area contributed by atoms with Crippen LogP contribution < -0.4 is 10.6 Å². The van der Waals surface area contributed by atoms with Crippen LogP contribution in [0.5, 0.6) is 0 Å². The van der Waals surface area contributed by atoms with Gasteiger partial charge in [0.2, 0.25) is 0 Å². The SMILES string of the molecule is CCNC(=NCc1ccccc1Cn1cccn1)NCC(c1cccc(F)c1)N(C)C. The number of rotatable bonds is 9. The minimum absolute atomic E-state index is 0.0201. The lowest BCUT2D eigenvalue weighted by atomic mass is 10.1. The van der Waals surface area contributed by atoms with Gasteiger partial charge in [0, 0.05) is 25.5 Å². The molecule has 6 nitrogen and oxygen atoms in total. The molecule has 164 valence electrons. The molecule has 1 unspecified atom stereocenters. The highest BCUT2D eigenvalue weighted by Gasteiger charge is 2.15. The Morgan fingerprint density at radius 3 is 2.58 bits per heavy atom. The van der Waals surface area contributed by atoms with Crippen LogP contribution in [0, 0.1) is 5.82 Å². The van der Waals surface area contributed by atoms with E-state index in [-0.39, 0.29) is 11.9 Å². The second-order valence-electron chi connectivity index (χ2n) is 7.58. The van der Waals surface area contributed by atoms with E-state index in [0.29, 0.717) is 19.6 Å². The third-order valence-electron chi connectivity index (χ3n) is 5.08. The first kappa shape index (κ1) is 22.5. The van der Waals surface area contributed by atoms with Gasteiger partial charge in [-0.05, 0) is 55.9 Å². The van der Waals surface area contributed by atoms with Gasteiger partial charge in [-0.15, -0.1) is 0 Å². The number of nitrogens with one attached hydrogen (secondary N) is 2. The van der Waals surface area contributed by atoms with Crippen molar-refractivity contribution in [1.82, 2.24) is 25.3 Å². The molecule has 1 aromatic heterocycles. The Morgan fingerprint density at radius 2 is 1.90 bits per heavy atom. The van der Waals surface area contributed by atoms with Gasteiger partial charge in [0.15, 0.2) is 5.96 Å². The van der Waals surface area contributed by atoms with Crippen molar-refractivity contribution in [3.8, 4) is 0 Å². The van der Waals surface area contributed by atoms with Crippen molar-refractivity contribution >= 4 is 5.96 Å². The molecule has 0 spiro atoms. The molecule has 2 aromatic carbocycles. The molecule has 1 heterocycles. The standard InChI is InChI=1S/C24H31FN6/c1-4-26-24(28-17-23(30(2)3)19-11-7-12-22(25)15-19)27-16-20-9-5-6-10-21(20)18-31-14-8-13-29-31/h5-15,23H,4,16-18H2,1-3H3,(H2,26,27,28). The summed E-state index contributed by atoms with van der Waals surface area (Å²) in [6.45, 7) is 4.67. The molecule has 0 radical (unpaired) electrons. The zero-order valence-corrected chi connectivity index (χ0v) is 18.4. The van der Waals surface area contributed by atoms with Crippen molar-refractivity contribution < 1.29 is 4.39 Å². The molecule has 0 amide bonds. The number of likely N-dealkylation sites (N-methyl/N-ethyl adjacent to an activating group) is 1. The van der Waals surface area contributed by atoms with Gasteiger partial charge < -0.3 is 15.5 Å². The summed E-state index contributed by atoms with van der Waals surface area (Å²) in [5.74, 6) is 0.512. The van der Waals surface area contributed by atoms with E-state index in [4.69, 9.17) is 4.99 Å². The summed E-state index contributed by atoms with van der Waals surface area (Å²) in [5.41, 5.74) is 3.28. The smallest absolute Gasteiger partial charge is 0.191 e. The Bertz CT molecular complexity index is 968. The Balaban J connectivity index is 1.70. The lowest BCUT2D eigenvalue weighted by Crippen LogP contribution is -2.41. The fourth-order valence-corrected chi connectivity index (χ4v) is 3.45. The summed E-state index contributed by atoms with van der Waals surface area (Å²) in [4.78, 5) is 6.86. The minimum atomic E-state index is -0.223. The number of aliphatic imine (C=N–C) groups is 1. The third-order valence-corrected chi connectivity index (χ3v) is 5.08. The van der Waals surface area contributed by atoms with Gasteiger partial charge in [-0.25, -0.2) is 9.38 Å². The maximum atomic E-state index is 13.7. The molecule has 0 saturated carbocycles. The summed E-state index contributed by atoms with van der Waals surface area (Å²) in [6, 6.07) is 17.0. The van der Waals surface area contributed by atoms with Gasteiger partial charge in [0.05, 0.1) is 19.1 Å². The average Bonchev–Trinajstić information content (AvgIpc) is 3.26. The summed E-state index contributed by atoms with van der Waals surface area (Å²) < 4.78 is 15.6. The number of benzene rings is 2. The molecular formula is C24H31FN6. The van der Waals surface area contributed by atoms with Crippen LogP contribution in [0.3, 0.4) is 0 Å². The normalized spacial score (nSPS) is 12.7. The van der Waals surface area contributed by atoms with Gasteiger partial charge in [-0.3, -0.25) is 4.68 Å². The predicted octanol–water partition coefficient (Wildman–Crippen LogP) is 3.43. The van der Waals surface area contributed by atoms with E-state index in [1.165, 1.54) is 11.6 Å². The summed E-state index contributed by atoms with van der Waals surface area (Å²) >= 11 is 0. The topological polar surface area (TPSA) is 57.5 Å². The average molecular weight is 423 g/mol. The molecule has 2 N–H and O–H groups in total. The van der Waals surface area contributed by atoms with E-state index in [9.17, 15) is 4.39 Å². The third kappa shape index (κ3) is 6.65. The molecule has 0 aliphatic rings. The fourth-order valence-electron chi connectivity index (χ4n) is 3.45. The largest absolute Gasteiger partial charge is 0.357 e. The number of hydrogen-bond donors (Lipinski definition) is 2. The molecular weight excluding hydrogens is 391 g/mol. The molecule has 3 aromatic rings. The lowest BCUT2D eigenvalue weighted by Gasteiger charge is -2.26. The highest BCUT2D eigenvalue weighted by atomic mass is 19.1. The highest BCUT2D eigenvalue weighted by Crippen LogP contribution is 2.18. The van der Waals surface area contributed by atoms with Crippen LogP contribution in [0.2, 0.25) is 0 Å². The van der Waals surface area contributed by atoms with Crippen LogP contribution in [-0.2, 0) is 13.1 Å². The second kappa shape index (κ2) is 11.3. The Morgan fingerprint density at radius 1 is 1.10 bits per heavy atom. The van der Waals surface area contributed by atoms with Crippen molar-refractivity contribution in [3.63, 3.8) is 0 Å². The molecule has 1 atom stereocenters. The van der Waals surface area contributed by atoms with Crippen molar-refractivity contribution in [3.05, 3.63) is 89.5 Å². The Hall–Kier alpha value is -3.19. The predicted molar refractivity (Wildman–Crippen MR) is 123 cm³/mol. The van der Waals surface area contributed by atoms with Crippen molar-refractivity contribution in [1.29, 1.82) is 0 Å². The maximum Gasteiger partial charge on any atom is 0.191 e. The number of halogens is 1. The van der Waals surface area contributed by atoms with Gasteiger partial charge in [0.25, 0.3) is 0 Å². The summed E-state index contributed by atoms with van der Waals surface area (Å²) in [7, 11) is 3.99. The minimum Gasteiger partial charge on any atom is -0.357 e. The van der Waals surface area contributed by atoms with E-state index >= 15 is 0 Å². The first-order chi connectivity index (χ1) is 15.1. The van der Waals surface area contributed by atoms with E-state index < -0.39 is 0 Å². The van der Waals surface area contributed by atoms with Crippen LogP contribution in [0.15, 0.2) is 72.0 Å². The first-order valence-corrected chi connectivity index (χ1v) is 10.5.